The van der Waals surface area contributed by atoms with Gasteiger partial charge in [0, 0.05) is 40.4 Å². The largest absolute Gasteiger partial charge is 0.457 e. The molecule has 0 amide bonds. The molecule has 7 aromatic rings. The molecule has 0 saturated heterocycles. The maximum absolute atomic E-state index is 6.55. The monoisotopic (exact) mass is 604 g/mol. The molecular formula is C41H40N4O. The van der Waals surface area contributed by atoms with E-state index in [4.69, 9.17) is 14.8 Å². The predicted octanol–water partition coefficient (Wildman–Crippen LogP) is 10.7. The molecule has 0 saturated carbocycles. The molecule has 0 atom stereocenters. The standard InChI is InChI=1S/C41H40N4O/c1-27-20-22-42-39(23-27)44-37-18-15-30(19-21-41(4,5)6)24-36(37)35-17-16-34(26-38(35)44)46-33-14-10-13-32(25-33)45-29(3)40(28(2)43-45)31-11-8-7-9-12-31/h7-18,20,22-26H,19,21H2,1-6H3. The van der Waals surface area contributed by atoms with Crippen molar-refractivity contribution in [3.05, 3.63) is 132 Å². The van der Waals surface area contributed by atoms with Crippen molar-refractivity contribution in [3.8, 4) is 34.1 Å². The second kappa shape index (κ2) is 11.6. The van der Waals surface area contributed by atoms with E-state index in [1.54, 1.807) is 0 Å². The van der Waals surface area contributed by atoms with Gasteiger partial charge in [-0.15, -0.1) is 0 Å². The van der Waals surface area contributed by atoms with Crippen molar-refractivity contribution in [2.45, 2.75) is 54.4 Å². The van der Waals surface area contributed by atoms with Gasteiger partial charge in [0.25, 0.3) is 0 Å². The molecule has 0 radical (unpaired) electrons. The molecule has 0 fully saturated rings. The number of aromatic nitrogens is 4. The van der Waals surface area contributed by atoms with Gasteiger partial charge < -0.3 is 4.74 Å². The summed E-state index contributed by atoms with van der Waals surface area (Å²) in [6, 6.07) is 36.0. The SMILES string of the molecule is Cc1ccnc(-n2c3ccc(CCC(C)(C)C)cc3c3ccc(Oc4cccc(-n5nc(C)c(-c6ccccc6)c5C)c4)cc32)c1. The van der Waals surface area contributed by atoms with E-state index in [9.17, 15) is 0 Å². The van der Waals surface area contributed by atoms with E-state index in [1.807, 2.05) is 35.1 Å². The van der Waals surface area contributed by atoms with Gasteiger partial charge in [-0.2, -0.15) is 5.10 Å². The number of ether oxygens (including phenoxy) is 1. The minimum absolute atomic E-state index is 0.289. The zero-order chi connectivity index (χ0) is 32.0. The van der Waals surface area contributed by atoms with Gasteiger partial charge in [-0.25, -0.2) is 9.67 Å². The van der Waals surface area contributed by atoms with Crippen LogP contribution in [0.1, 0.15) is 49.7 Å². The quantitative estimate of drug-likeness (QED) is 0.182. The van der Waals surface area contributed by atoms with Crippen molar-refractivity contribution in [3.63, 3.8) is 0 Å². The van der Waals surface area contributed by atoms with Crippen LogP contribution in [0.15, 0.2) is 109 Å². The van der Waals surface area contributed by atoms with Crippen molar-refractivity contribution in [1.82, 2.24) is 19.3 Å². The molecule has 3 heterocycles. The molecule has 0 aliphatic rings. The lowest BCUT2D eigenvalue weighted by atomic mass is 9.88. The first kappa shape index (κ1) is 29.5. The van der Waals surface area contributed by atoms with E-state index in [-0.39, 0.29) is 5.41 Å². The van der Waals surface area contributed by atoms with Gasteiger partial charge in [0.1, 0.15) is 17.3 Å². The zero-order valence-electron chi connectivity index (χ0n) is 27.5. The van der Waals surface area contributed by atoms with E-state index >= 15 is 0 Å². The number of aryl methyl sites for hydroxylation is 3. The molecule has 7 rings (SSSR count). The maximum atomic E-state index is 6.55. The Hall–Kier alpha value is -5.16. The van der Waals surface area contributed by atoms with Crippen LogP contribution in [0.2, 0.25) is 0 Å². The Labute approximate surface area is 271 Å². The summed E-state index contributed by atoms with van der Waals surface area (Å²) in [5.74, 6) is 2.43. The van der Waals surface area contributed by atoms with Gasteiger partial charge in [0.2, 0.25) is 0 Å². The summed E-state index contributed by atoms with van der Waals surface area (Å²) in [4.78, 5) is 4.78. The van der Waals surface area contributed by atoms with Gasteiger partial charge >= 0.3 is 0 Å². The minimum Gasteiger partial charge on any atom is -0.457 e. The molecule has 0 aliphatic heterocycles. The van der Waals surface area contributed by atoms with E-state index in [2.05, 4.69) is 125 Å². The van der Waals surface area contributed by atoms with Gasteiger partial charge in [-0.1, -0.05) is 63.2 Å². The van der Waals surface area contributed by atoms with E-state index < -0.39 is 0 Å². The van der Waals surface area contributed by atoms with Crippen LogP contribution in [0.5, 0.6) is 11.5 Å². The molecule has 230 valence electrons. The van der Waals surface area contributed by atoms with Crippen molar-refractivity contribution < 1.29 is 4.74 Å². The van der Waals surface area contributed by atoms with E-state index in [1.165, 1.54) is 27.5 Å². The maximum Gasteiger partial charge on any atom is 0.137 e. The molecular weight excluding hydrogens is 564 g/mol. The molecule has 0 aliphatic carbocycles. The minimum atomic E-state index is 0.289. The Kier molecular flexibility index (Phi) is 7.48. The number of pyridine rings is 1. The van der Waals surface area contributed by atoms with E-state index in [0.29, 0.717) is 0 Å². The fourth-order valence-corrected chi connectivity index (χ4v) is 6.41. The predicted molar refractivity (Wildman–Crippen MR) is 190 cm³/mol. The van der Waals surface area contributed by atoms with Gasteiger partial charge in [0.15, 0.2) is 0 Å². The van der Waals surface area contributed by atoms with Gasteiger partial charge in [-0.3, -0.25) is 4.57 Å². The Morgan fingerprint density at radius 2 is 1.52 bits per heavy atom. The van der Waals surface area contributed by atoms with Crippen LogP contribution in [0.3, 0.4) is 0 Å². The second-order valence-corrected chi connectivity index (χ2v) is 13.5. The van der Waals surface area contributed by atoms with Crippen LogP contribution in [-0.2, 0) is 6.42 Å². The van der Waals surface area contributed by atoms with Gasteiger partial charge in [-0.05, 0) is 104 Å². The lowest BCUT2D eigenvalue weighted by Crippen LogP contribution is -2.06. The Bertz CT molecular complexity index is 2200. The number of benzene rings is 4. The molecule has 46 heavy (non-hydrogen) atoms. The third kappa shape index (κ3) is 5.69. The smallest absolute Gasteiger partial charge is 0.137 e. The summed E-state index contributed by atoms with van der Waals surface area (Å²) in [7, 11) is 0. The average molecular weight is 605 g/mol. The summed E-state index contributed by atoms with van der Waals surface area (Å²) >= 11 is 0. The number of hydrogen-bond donors (Lipinski definition) is 0. The highest BCUT2D eigenvalue weighted by atomic mass is 16.5. The van der Waals surface area contributed by atoms with Crippen LogP contribution in [0.25, 0.3) is 44.4 Å². The summed E-state index contributed by atoms with van der Waals surface area (Å²) in [6.07, 6.45) is 4.07. The molecule has 0 bridgehead atoms. The van der Waals surface area contributed by atoms with Crippen molar-refractivity contribution in [2.24, 2.45) is 5.41 Å². The Morgan fingerprint density at radius 1 is 0.717 bits per heavy atom. The fraction of sp³-hybridized carbons (Fsp3) is 0.220. The van der Waals surface area contributed by atoms with Crippen LogP contribution < -0.4 is 4.74 Å². The van der Waals surface area contributed by atoms with Crippen LogP contribution in [-0.4, -0.2) is 19.3 Å². The van der Waals surface area contributed by atoms with Gasteiger partial charge in [0.05, 0.1) is 22.4 Å². The number of rotatable bonds is 7. The van der Waals surface area contributed by atoms with Crippen molar-refractivity contribution in [2.75, 3.05) is 0 Å². The molecule has 0 N–H and O–H groups in total. The van der Waals surface area contributed by atoms with Crippen LogP contribution in [0.4, 0.5) is 0 Å². The highest BCUT2D eigenvalue weighted by Crippen LogP contribution is 2.37. The summed E-state index contributed by atoms with van der Waals surface area (Å²) in [5, 5.41) is 7.33. The Balaban J connectivity index is 1.28. The summed E-state index contributed by atoms with van der Waals surface area (Å²) < 4.78 is 10.8. The molecule has 3 aromatic heterocycles. The summed E-state index contributed by atoms with van der Waals surface area (Å²) in [5.41, 5.74) is 10.4. The molecule has 5 nitrogen and oxygen atoms in total. The lowest BCUT2D eigenvalue weighted by molar-refractivity contribution is 0.378. The topological polar surface area (TPSA) is 44.9 Å². The highest BCUT2D eigenvalue weighted by molar-refractivity contribution is 6.09. The Morgan fingerprint density at radius 3 is 2.30 bits per heavy atom. The zero-order valence-corrected chi connectivity index (χ0v) is 27.5. The average Bonchev–Trinajstić information content (AvgIpc) is 3.52. The lowest BCUT2D eigenvalue weighted by Gasteiger charge is -2.17. The molecule has 0 spiro atoms. The second-order valence-electron chi connectivity index (χ2n) is 13.5. The van der Waals surface area contributed by atoms with Crippen LogP contribution in [0, 0.1) is 26.2 Å². The first-order valence-corrected chi connectivity index (χ1v) is 16.0. The third-order valence-electron chi connectivity index (χ3n) is 8.75. The molecule has 0 unspecified atom stereocenters. The van der Waals surface area contributed by atoms with E-state index in [0.717, 1.165) is 63.8 Å². The summed E-state index contributed by atoms with van der Waals surface area (Å²) in [6.45, 7) is 13.2. The van der Waals surface area contributed by atoms with Crippen LogP contribution >= 0.6 is 0 Å². The molecule has 4 aromatic carbocycles. The highest BCUT2D eigenvalue weighted by Gasteiger charge is 2.18. The number of nitrogens with zero attached hydrogens (tertiary/aromatic N) is 4. The van der Waals surface area contributed by atoms with Crippen molar-refractivity contribution >= 4 is 21.8 Å². The first-order chi connectivity index (χ1) is 22.1. The number of fused-ring (bicyclic) bond motifs is 3. The first-order valence-electron chi connectivity index (χ1n) is 16.0. The number of hydrogen-bond acceptors (Lipinski definition) is 3. The third-order valence-corrected chi connectivity index (χ3v) is 8.75. The normalized spacial score (nSPS) is 11.9. The fourth-order valence-electron chi connectivity index (χ4n) is 6.41. The van der Waals surface area contributed by atoms with Crippen molar-refractivity contribution in [1.29, 1.82) is 0 Å². The molecule has 5 heteroatoms.